The average Bonchev–Trinajstić information content (AvgIpc) is 3.31. The van der Waals surface area contributed by atoms with Gasteiger partial charge in [-0.15, -0.1) is 4.52 Å². The third-order valence-corrected chi connectivity index (χ3v) is 7.54. The molecule has 0 spiro atoms. The van der Waals surface area contributed by atoms with Crippen molar-refractivity contribution in [1.29, 1.82) is 0 Å². The van der Waals surface area contributed by atoms with Gasteiger partial charge in [0.25, 0.3) is 0 Å². The fourth-order valence-corrected chi connectivity index (χ4v) is 5.99. The van der Waals surface area contributed by atoms with Gasteiger partial charge in [0.1, 0.15) is 36.6 Å². The smallest absolute Gasteiger partial charge is 0.497 e. The molecule has 2 fully saturated rings. The van der Waals surface area contributed by atoms with Crippen molar-refractivity contribution in [3.63, 3.8) is 0 Å². The van der Waals surface area contributed by atoms with Crippen LogP contribution in [0.15, 0.2) is 35.5 Å². The molecule has 0 saturated carbocycles. The number of rotatable bonds is 5. The van der Waals surface area contributed by atoms with Crippen LogP contribution in [0.3, 0.4) is 0 Å². The lowest BCUT2D eigenvalue weighted by molar-refractivity contribution is -0.0681. The number of nitrogen functional groups attached to an aromatic ring is 1. The van der Waals surface area contributed by atoms with E-state index in [4.69, 9.17) is 29.0 Å². The summed E-state index contributed by atoms with van der Waals surface area (Å²) in [5.41, 5.74) is 6.31. The first-order chi connectivity index (χ1) is 15.4. The largest absolute Gasteiger partial charge is 0.570 e. The minimum Gasteiger partial charge on any atom is -0.497 e. The lowest BCUT2D eigenvalue weighted by Gasteiger charge is -2.33. The maximum atomic E-state index is 9.90. The highest BCUT2D eigenvalue weighted by Gasteiger charge is 2.62. The zero-order valence-corrected chi connectivity index (χ0v) is 18.9. The minimum atomic E-state index is -3.92. The van der Waals surface area contributed by atoms with E-state index in [2.05, 4.69) is 15.3 Å². The quantitative estimate of drug-likeness (QED) is 0.450. The average molecular weight is 484 g/mol. The van der Waals surface area contributed by atoms with E-state index in [1.165, 1.54) is 25.2 Å². The first-order valence-electron chi connectivity index (χ1n) is 9.72. The van der Waals surface area contributed by atoms with E-state index in [9.17, 15) is 9.79 Å². The number of nitrogens with two attached hydrogens (primary N) is 1. The molecule has 4 unspecified atom stereocenters. The van der Waals surface area contributed by atoms with E-state index < -0.39 is 32.7 Å². The van der Waals surface area contributed by atoms with E-state index in [0.29, 0.717) is 17.3 Å². The van der Waals surface area contributed by atoms with E-state index >= 15 is 0 Å². The van der Waals surface area contributed by atoms with Gasteiger partial charge in [0.05, 0.1) is 7.11 Å². The number of hydrogen-bond acceptors (Lipinski definition) is 13. The molecular weight excluding hydrogens is 461 g/mol. The Morgan fingerprint density at radius 3 is 2.75 bits per heavy atom. The number of methoxy groups -OCH3 is 2. The molecule has 172 valence electrons. The van der Waals surface area contributed by atoms with Crippen LogP contribution in [0.4, 0.5) is 17.3 Å². The lowest BCUT2D eigenvalue weighted by atomic mass is 10.1. The van der Waals surface area contributed by atoms with Crippen molar-refractivity contribution in [3.05, 3.63) is 30.6 Å². The summed E-state index contributed by atoms with van der Waals surface area (Å²) >= 11 is 1.51. The van der Waals surface area contributed by atoms with Crippen molar-refractivity contribution in [2.24, 2.45) is 0 Å². The number of anilines is 3. The maximum absolute atomic E-state index is 9.90. The number of nitrogens with zero attached hydrogens (tertiary/aromatic N) is 3. The van der Waals surface area contributed by atoms with Crippen molar-refractivity contribution >= 4 is 37.3 Å². The topological polar surface area (TPSA) is 154 Å². The number of hydrogen-bond donors (Lipinski definition) is 4. The van der Waals surface area contributed by atoms with Gasteiger partial charge in [-0.25, -0.2) is 9.97 Å². The Morgan fingerprint density at radius 1 is 1.25 bits per heavy atom. The predicted molar refractivity (Wildman–Crippen MR) is 117 cm³/mol. The molecule has 12 nitrogen and oxygen atoms in total. The normalized spacial score (nSPS) is 30.5. The van der Waals surface area contributed by atoms with Crippen LogP contribution in [0.25, 0.3) is 0 Å². The van der Waals surface area contributed by atoms with E-state index in [1.807, 2.05) is 29.2 Å². The fourth-order valence-electron chi connectivity index (χ4n) is 3.95. The van der Waals surface area contributed by atoms with Gasteiger partial charge in [-0.05, 0) is 24.3 Å². The molecular formula is C18H23N5O7PS+. The molecule has 1 aromatic heterocycles. The van der Waals surface area contributed by atoms with Gasteiger partial charge in [-0.3, -0.25) is 4.90 Å². The molecule has 0 aliphatic carbocycles. The summed E-state index contributed by atoms with van der Waals surface area (Å²) in [6.07, 6.45) is -1.21. The van der Waals surface area contributed by atoms with E-state index in [-0.39, 0.29) is 12.1 Å². The summed E-state index contributed by atoms with van der Waals surface area (Å²) in [7, 11) is -0.794. The first-order valence-corrected chi connectivity index (χ1v) is 12.1. The van der Waals surface area contributed by atoms with Crippen molar-refractivity contribution in [2.45, 2.75) is 34.9 Å². The Bertz CT molecular complexity index is 987. The third kappa shape index (κ3) is 3.84. The van der Waals surface area contributed by atoms with Gasteiger partial charge in [0.2, 0.25) is 0 Å². The molecule has 5 rings (SSSR count). The van der Waals surface area contributed by atoms with Crippen molar-refractivity contribution < 1.29 is 33.0 Å². The SMILES string of the molecule is COc1ccc(SC2Nc3c(N)ncnc3N2C2OC3CO[P+](O)(O)O[C@H]3C2OC)cc1. The van der Waals surface area contributed by atoms with Crippen molar-refractivity contribution in [2.75, 3.05) is 36.8 Å². The highest BCUT2D eigenvalue weighted by Crippen LogP contribution is 2.59. The standard InChI is InChI=1S/C18H23N5O7PS/c1-26-9-3-5-10(6-4-9)32-18-22-12-15(19)20-8-21-16(12)23(18)17-14(27-2)13-11(29-17)7-28-31(24,25)30-13/h3-6,8,11,13-14,17-18,22,24-25H,7H2,1-2H3,(H2,19,20,21)/q+1/t11?,13-,14?,17?,18?/m1/s1. The molecule has 2 saturated heterocycles. The van der Waals surface area contributed by atoms with Crippen LogP contribution < -0.4 is 20.7 Å². The van der Waals surface area contributed by atoms with Crippen LogP contribution in [0.5, 0.6) is 5.75 Å². The third-order valence-electron chi connectivity index (χ3n) is 5.43. The van der Waals surface area contributed by atoms with Gasteiger partial charge in [-0.2, -0.15) is 14.3 Å². The van der Waals surface area contributed by atoms with E-state index in [1.54, 1.807) is 7.11 Å². The van der Waals surface area contributed by atoms with Crippen molar-refractivity contribution in [3.8, 4) is 5.75 Å². The molecule has 4 heterocycles. The highest BCUT2D eigenvalue weighted by atomic mass is 32.2. The Kier molecular flexibility index (Phi) is 5.76. The molecule has 5 atom stereocenters. The van der Waals surface area contributed by atoms with Gasteiger partial charge < -0.3 is 25.3 Å². The summed E-state index contributed by atoms with van der Waals surface area (Å²) in [4.78, 5) is 31.2. The highest BCUT2D eigenvalue weighted by molar-refractivity contribution is 8.00. The molecule has 2 aromatic rings. The van der Waals surface area contributed by atoms with Crippen LogP contribution in [-0.4, -0.2) is 70.6 Å². The lowest BCUT2D eigenvalue weighted by Crippen LogP contribution is -2.49. The van der Waals surface area contributed by atoms with Crippen LogP contribution in [-0.2, 0) is 18.5 Å². The molecule has 32 heavy (non-hydrogen) atoms. The summed E-state index contributed by atoms with van der Waals surface area (Å²) < 4.78 is 27.6. The van der Waals surface area contributed by atoms with Crippen molar-refractivity contribution in [1.82, 2.24) is 9.97 Å². The Balaban J connectivity index is 1.48. The number of ether oxygens (including phenoxy) is 3. The molecule has 3 aliphatic rings. The van der Waals surface area contributed by atoms with Gasteiger partial charge in [-0.1, -0.05) is 11.8 Å². The van der Waals surface area contributed by atoms with E-state index in [0.717, 1.165) is 10.6 Å². The van der Waals surface area contributed by atoms with Gasteiger partial charge in [0, 0.05) is 12.0 Å². The Morgan fingerprint density at radius 2 is 2.03 bits per heavy atom. The summed E-state index contributed by atoms with van der Waals surface area (Å²) in [5.74, 6) is 1.60. The zero-order chi connectivity index (χ0) is 22.5. The zero-order valence-electron chi connectivity index (χ0n) is 17.2. The molecule has 3 aliphatic heterocycles. The summed E-state index contributed by atoms with van der Waals surface area (Å²) in [5, 5.41) is 3.36. The van der Waals surface area contributed by atoms with Crippen LogP contribution in [0, 0.1) is 0 Å². The second kappa shape index (κ2) is 8.43. The first kappa shape index (κ1) is 21.9. The second-order valence-electron chi connectivity index (χ2n) is 7.28. The summed E-state index contributed by atoms with van der Waals surface area (Å²) in [6, 6.07) is 7.63. The number of benzene rings is 1. The molecule has 14 heteroatoms. The van der Waals surface area contributed by atoms with Crippen LogP contribution in [0.2, 0.25) is 0 Å². The number of nitrogens with one attached hydrogen (secondary N) is 1. The Labute approximate surface area is 188 Å². The van der Waals surface area contributed by atoms with Gasteiger partial charge in [0.15, 0.2) is 29.5 Å². The number of aromatic nitrogens is 2. The molecule has 0 radical (unpaired) electrons. The maximum Gasteiger partial charge on any atom is 0.570 e. The van der Waals surface area contributed by atoms with Gasteiger partial charge >= 0.3 is 8.17 Å². The minimum absolute atomic E-state index is 0.0296. The predicted octanol–water partition coefficient (Wildman–Crippen LogP) is 1.19. The van der Waals surface area contributed by atoms with Crippen LogP contribution >= 0.6 is 19.9 Å². The molecule has 1 aromatic carbocycles. The second-order valence-corrected chi connectivity index (χ2v) is 9.88. The Hall–Kier alpha value is -1.96. The fraction of sp³-hybridized carbons (Fsp3) is 0.444. The number of fused-ring (bicyclic) bond motifs is 2. The monoisotopic (exact) mass is 484 g/mol. The number of thioether (sulfide) groups is 1. The summed E-state index contributed by atoms with van der Waals surface area (Å²) in [6.45, 7) is -0.0296. The molecule has 0 bridgehead atoms. The van der Waals surface area contributed by atoms with Crippen LogP contribution in [0.1, 0.15) is 0 Å². The molecule has 0 amide bonds. The molecule has 5 N–H and O–H groups in total.